The van der Waals surface area contributed by atoms with E-state index in [9.17, 15) is 12.3 Å². The van der Waals surface area contributed by atoms with Gasteiger partial charge in [0.05, 0.1) is 0 Å². The van der Waals surface area contributed by atoms with Crippen molar-refractivity contribution in [3.8, 4) is 0 Å². The molecule has 0 fully saturated rings. The number of benzene rings is 1. The Labute approximate surface area is 76.9 Å². The summed E-state index contributed by atoms with van der Waals surface area (Å²) in [5.41, 5.74) is 1.60. The van der Waals surface area contributed by atoms with Gasteiger partial charge >= 0.3 is 9.08 Å². The van der Waals surface area contributed by atoms with Gasteiger partial charge in [0, 0.05) is 5.19 Å². The first-order valence-corrected chi connectivity index (χ1v) is 5.61. The summed E-state index contributed by atoms with van der Waals surface area (Å²) >= 11 is 0. The van der Waals surface area contributed by atoms with Gasteiger partial charge in [0.1, 0.15) is 0 Å². The topological polar surface area (TPSA) is 0 Å². The zero-order chi connectivity index (χ0) is 10.2. The minimum absolute atomic E-state index is 0.358. The van der Waals surface area contributed by atoms with Crippen molar-refractivity contribution in [1.29, 1.82) is 0 Å². The van der Waals surface area contributed by atoms with E-state index in [1.165, 1.54) is 13.8 Å². The van der Waals surface area contributed by atoms with E-state index in [1.807, 2.05) is 6.92 Å². The second-order valence-electron chi connectivity index (χ2n) is 3.27. The zero-order valence-corrected chi connectivity index (χ0v) is 8.79. The van der Waals surface area contributed by atoms with Crippen LogP contribution in [-0.2, 0) is 0 Å². The van der Waals surface area contributed by atoms with Crippen molar-refractivity contribution in [2.75, 3.05) is 0 Å². The fraction of sp³-hybridized carbons (Fsp3) is 0.333. The first-order valence-electron chi connectivity index (χ1n) is 3.97. The molecule has 0 aliphatic carbocycles. The van der Waals surface area contributed by atoms with Crippen molar-refractivity contribution in [3.63, 3.8) is 0 Å². The summed E-state index contributed by atoms with van der Waals surface area (Å²) in [7, 11) is -5.65. The molecule has 0 nitrogen and oxygen atoms in total. The summed E-state index contributed by atoms with van der Waals surface area (Å²) < 4.78 is 37.7. The summed E-state index contributed by atoms with van der Waals surface area (Å²) in [4.78, 5) is 0. The molecule has 1 aromatic carbocycles. The molecule has 13 heavy (non-hydrogen) atoms. The van der Waals surface area contributed by atoms with Crippen molar-refractivity contribution in [2.24, 2.45) is 0 Å². The highest BCUT2D eigenvalue weighted by Gasteiger charge is 2.42. The van der Waals surface area contributed by atoms with Gasteiger partial charge in [0.2, 0.25) is 0 Å². The van der Waals surface area contributed by atoms with Crippen LogP contribution in [0, 0.1) is 20.8 Å². The Balaban J connectivity index is 3.38. The Bertz CT molecular complexity index is 305. The van der Waals surface area contributed by atoms with Crippen LogP contribution in [-0.4, -0.2) is 9.08 Å². The lowest BCUT2D eigenvalue weighted by Crippen LogP contribution is -2.38. The summed E-state index contributed by atoms with van der Waals surface area (Å²) in [6.45, 7) is 4.85. The van der Waals surface area contributed by atoms with Gasteiger partial charge in [-0.1, -0.05) is 17.7 Å². The van der Waals surface area contributed by atoms with Crippen LogP contribution < -0.4 is 5.19 Å². The van der Waals surface area contributed by atoms with Crippen molar-refractivity contribution < 1.29 is 12.3 Å². The fourth-order valence-corrected chi connectivity index (χ4v) is 2.67. The molecule has 0 aliphatic rings. The van der Waals surface area contributed by atoms with Crippen LogP contribution in [0.15, 0.2) is 12.1 Å². The van der Waals surface area contributed by atoms with Crippen LogP contribution in [0.3, 0.4) is 0 Å². The highest BCUT2D eigenvalue weighted by molar-refractivity contribution is 6.74. The number of aryl methyl sites for hydroxylation is 3. The van der Waals surface area contributed by atoms with Crippen molar-refractivity contribution in [2.45, 2.75) is 20.8 Å². The molecule has 0 aromatic heterocycles. The van der Waals surface area contributed by atoms with Crippen LogP contribution in [0.2, 0.25) is 0 Å². The SMILES string of the molecule is Cc1cc(C)c([Si](F)(F)F)c(C)c1. The predicted molar refractivity (Wildman–Crippen MR) is 49.4 cm³/mol. The van der Waals surface area contributed by atoms with Crippen LogP contribution >= 0.6 is 0 Å². The molecule has 72 valence electrons. The molecule has 0 unspecified atom stereocenters. The minimum Gasteiger partial charge on any atom is -0.234 e. The third-order valence-electron chi connectivity index (χ3n) is 1.96. The molecule has 0 saturated heterocycles. The molecule has 0 atom stereocenters. The van der Waals surface area contributed by atoms with E-state index < -0.39 is 9.08 Å². The standard InChI is InChI=1S/C9H11F3Si/c1-6-4-7(2)9(8(3)5-6)13(10,11)12/h4-5H,1-3H3. The lowest BCUT2D eigenvalue weighted by Gasteiger charge is -2.11. The lowest BCUT2D eigenvalue weighted by molar-refractivity contribution is 0.500. The Kier molecular flexibility index (Phi) is 2.52. The predicted octanol–water partition coefficient (Wildman–Crippen LogP) is 2.67. The molecule has 0 N–H and O–H groups in total. The molecule has 1 rings (SSSR count). The molecule has 1 aromatic rings. The highest BCUT2D eigenvalue weighted by atomic mass is 28.5. The van der Waals surface area contributed by atoms with Gasteiger partial charge in [-0.3, -0.25) is 0 Å². The molecule has 0 heterocycles. The summed E-state index contributed by atoms with van der Waals surface area (Å²) in [5, 5.41) is -0.363. The molecular formula is C9H11F3Si. The fourth-order valence-electron chi connectivity index (χ4n) is 1.63. The maximum Gasteiger partial charge on any atom is 0.653 e. The van der Waals surface area contributed by atoms with Crippen LogP contribution in [0.25, 0.3) is 0 Å². The molecule has 0 radical (unpaired) electrons. The number of rotatable bonds is 1. The minimum atomic E-state index is -5.65. The van der Waals surface area contributed by atoms with E-state index in [-0.39, 0.29) is 5.19 Å². The first-order chi connectivity index (χ1) is 5.82. The summed E-state index contributed by atoms with van der Waals surface area (Å²) in [6, 6.07) is 3.17. The molecule has 0 spiro atoms. The van der Waals surface area contributed by atoms with Crippen molar-refractivity contribution in [3.05, 3.63) is 28.8 Å². The van der Waals surface area contributed by atoms with Crippen molar-refractivity contribution >= 4 is 14.3 Å². The maximum absolute atomic E-state index is 12.6. The average molecular weight is 204 g/mol. The van der Waals surface area contributed by atoms with Gasteiger partial charge < -0.3 is 0 Å². The summed E-state index contributed by atoms with van der Waals surface area (Å²) in [5.74, 6) is 0. The normalized spacial score (nSPS) is 11.8. The van der Waals surface area contributed by atoms with Crippen LogP contribution in [0.1, 0.15) is 16.7 Å². The molecule has 0 bridgehead atoms. The van der Waals surface area contributed by atoms with E-state index in [4.69, 9.17) is 0 Å². The van der Waals surface area contributed by atoms with E-state index in [0.29, 0.717) is 11.1 Å². The number of hydrogen-bond donors (Lipinski definition) is 0. The van der Waals surface area contributed by atoms with Gasteiger partial charge in [-0.25, -0.2) is 12.3 Å². The van der Waals surface area contributed by atoms with Crippen molar-refractivity contribution in [1.82, 2.24) is 0 Å². The average Bonchev–Trinajstić information content (AvgIpc) is 1.78. The third kappa shape index (κ3) is 2.12. The second-order valence-corrected chi connectivity index (χ2v) is 4.77. The first kappa shape index (κ1) is 10.3. The van der Waals surface area contributed by atoms with Crippen LogP contribution in [0.4, 0.5) is 12.3 Å². The lowest BCUT2D eigenvalue weighted by atomic mass is 10.1. The van der Waals surface area contributed by atoms with Gasteiger partial charge in [-0.2, -0.15) is 0 Å². The third-order valence-corrected chi connectivity index (χ3v) is 3.32. The Morgan fingerprint density at radius 1 is 0.923 bits per heavy atom. The largest absolute Gasteiger partial charge is 0.653 e. The monoisotopic (exact) mass is 204 g/mol. The van der Waals surface area contributed by atoms with E-state index >= 15 is 0 Å². The Morgan fingerprint density at radius 3 is 1.62 bits per heavy atom. The van der Waals surface area contributed by atoms with Gasteiger partial charge in [0.15, 0.2) is 0 Å². The molecular weight excluding hydrogens is 193 g/mol. The molecule has 0 saturated carbocycles. The number of halogens is 3. The Morgan fingerprint density at radius 2 is 1.31 bits per heavy atom. The van der Waals surface area contributed by atoms with Gasteiger partial charge in [0.25, 0.3) is 0 Å². The molecule has 0 amide bonds. The van der Waals surface area contributed by atoms with Gasteiger partial charge in [-0.15, -0.1) is 0 Å². The molecule has 0 aliphatic heterocycles. The zero-order valence-electron chi connectivity index (χ0n) is 7.79. The van der Waals surface area contributed by atoms with E-state index in [2.05, 4.69) is 0 Å². The maximum atomic E-state index is 12.6. The van der Waals surface area contributed by atoms with E-state index in [0.717, 1.165) is 5.56 Å². The molecule has 4 heteroatoms. The Hall–Kier alpha value is -0.773. The van der Waals surface area contributed by atoms with Gasteiger partial charge in [-0.05, 0) is 31.9 Å². The van der Waals surface area contributed by atoms with Crippen LogP contribution in [0.5, 0.6) is 0 Å². The quantitative estimate of drug-likeness (QED) is 0.487. The number of hydrogen-bond acceptors (Lipinski definition) is 0. The smallest absolute Gasteiger partial charge is 0.234 e. The second kappa shape index (κ2) is 3.18. The van der Waals surface area contributed by atoms with E-state index in [1.54, 1.807) is 12.1 Å². The summed E-state index contributed by atoms with van der Waals surface area (Å²) in [6.07, 6.45) is 0. The highest BCUT2D eigenvalue weighted by Crippen LogP contribution is 2.16.